The summed E-state index contributed by atoms with van der Waals surface area (Å²) in [6.45, 7) is 2.01. The second-order valence-electron chi connectivity index (χ2n) is 3.90. The fourth-order valence-electron chi connectivity index (χ4n) is 1.86. The second-order valence-corrected chi connectivity index (χ2v) is 3.90. The van der Waals surface area contributed by atoms with Crippen molar-refractivity contribution in [1.82, 2.24) is 0 Å². The Morgan fingerprint density at radius 2 is 2.41 bits per heavy atom. The van der Waals surface area contributed by atoms with Gasteiger partial charge in [-0.1, -0.05) is 6.07 Å². The van der Waals surface area contributed by atoms with Crippen molar-refractivity contribution >= 4 is 11.7 Å². The number of nitrogens with two attached hydrogens (primary N) is 1. The van der Waals surface area contributed by atoms with Gasteiger partial charge in [-0.3, -0.25) is 0 Å². The van der Waals surface area contributed by atoms with E-state index in [0.29, 0.717) is 18.7 Å². The van der Waals surface area contributed by atoms with Crippen LogP contribution in [0.1, 0.15) is 10.4 Å². The lowest BCUT2D eigenvalue weighted by Crippen LogP contribution is -2.46. The number of hydrogen-bond acceptors (Lipinski definition) is 5. The summed E-state index contributed by atoms with van der Waals surface area (Å²) in [7, 11) is 1.37. The number of esters is 1. The fourth-order valence-corrected chi connectivity index (χ4v) is 1.86. The number of benzene rings is 1. The summed E-state index contributed by atoms with van der Waals surface area (Å²) in [5.41, 5.74) is 7.24. The molecule has 0 aliphatic carbocycles. The third-order valence-corrected chi connectivity index (χ3v) is 2.73. The Morgan fingerprint density at radius 3 is 3.12 bits per heavy atom. The van der Waals surface area contributed by atoms with E-state index in [4.69, 9.17) is 15.2 Å². The summed E-state index contributed by atoms with van der Waals surface area (Å²) in [5.74, 6) is -0.329. The molecule has 1 heterocycles. The van der Waals surface area contributed by atoms with Gasteiger partial charge < -0.3 is 20.1 Å². The summed E-state index contributed by atoms with van der Waals surface area (Å²) >= 11 is 0. The summed E-state index contributed by atoms with van der Waals surface area (Å²) in [6.07, 6.45) is -0.273. The van der Waals surface area contributed by atoms with E-state index in [1.54, 1.807) is 6.07 Å². The summed E-state index contributed by atoms with van der Waals surface area (Å²) in [5, 5.41) is 0. The minimum absolute atomic E-state index is 0.273. The Bertz CT molecular complexity index is 408. The molecule has 1 aliphatic heterocycles. The molecule has 0 spiro atoms. The third kappa shape index (κ3) is 2.75. The number of ether oxygens (including phenoxy) is 2. The van der Waals surface area contributed by atoms with E-state index in [1.807, 2.05) is 18.2 Å². The number of rotatable bonds is 2. The zero-order valence-corrected chi connectivity index (χ0v) is 9.76. The van der Waals surface area contributed by atoms with Gasteiger partial charge in [0.05, 0.1) is 25.8 Å². The lowest BCUT2D eigenvalue weighted by atomic mass is 10.2. The van der Waals surface area contributed by atoms with Gasteiger partial charge in [-0.2, -0.15) is 0 Å². The maximum atomic E-state index is 11.4. The normalized spacial score (nSPS) is 20.1. The second kappa shape index (κ2) is 5.16. The average Bonchev–Trinajstić information content (AvgIpc) is 2.38. The Hall–Kier alpha value is -1.59. The van der Waals surface area contributed by atoms with Crippen molar-refractivity contribution in [3.05, 3.63) is 29.8 Å². The zero-order chi connectivity index (χ0) is 12.3. The van der Waals surface area contributed by atoms with E-state index in [2.05, 4.69) is 4.90 Å². The molecule has 1 fully saturated rings. The van der Waals surface area contributed by atoms with Crippen LogP contribution in [0, 0.1) is 0 Å². The summed E-state index contributed by atoms with van der Waals surface area (Å²) < 4.78 is 9.97. The molecule has 1 aromatic rings. The quantitative estimate of drug-likeness (QED) is 0.761. The van der Waals surface area contributed by atoms with Gasteiger partial charge in [-0.15, -0.1) is 0 Å². The third-order valence-electron chi connectivity index (χ3n) is 2.73. The highest BCUT2D eigenvalue weighted by Gasteiger charge is 2.18. The van der Waals surface area contributed by atoms with E-state index < -0.39 is 0 Å². The first kappa shape index (κ1) is 11.9. The van der Waals surface area contributed by atoms with Gasteiger partial charge in [-0.05, 0) is 18.2 Å². The van der Waals surface area contributed by atoms with E-state index in [0.717, 1.165) is 12.2 Å². The van der Waals surface area contributed by atoms with Gasteiger partial charge in [-0.25, -0.2) is 4.79 Å². The van der Waals surface area contributed by atoms with E-state index in [9.17, 15) is 4.79 Å². The highest BCUT2D eigenvalue weighted by molar-refractivity contribution is 5.90. The first-order chi connectivity index (χ1) is 8.20. The van der Waals surface area contributed by atoms with Gasteiger partial charge in [0.2, 0.25) is 0 Å². The predicted octanol–water partition coefficient (Wildman–Crippen LogP) is 0.595. The van der Waals surface area contributed by atoms with Crippen molar-refractivity contribution in [3.8, 4) is 0 Å². The van der Waals surface area contributed by atoms with Gasteiger partial charge >= 0.3 is 5.97 Å². The Kier molecular flexibility index (Phi) is 3.61. The number of carbonyl (C=O) groups excluding carboxylic acids is 1. The van der Waals surface area contributed by atoms with Crippen LogP contribution in [0.4, 0.5) is 5.69 Å². The van der Waals surface area contributed by atoms with Crippen LogP contribution in [0.5, 0.6) is 0 Å². The average molecular weight is 236 g/mol. The topological polar surface area (TPSA) is 64.8 Å². The molecule has 1 aliphatic rings. The van der Waals surface area contributed by atoms with Crippen molar-refractivity contribution < 1.29 is 14.3 Å². The molecule has 1 unspecified atom stereocenters. The Balaban J connectivity index is 2.17. The van der Waals surface area contributed by atoms with Gasteiger partial charge in [0.1, 0.15) is 6.23 Å². The van der Waals surface area contributed by atoms with E-state index >= 15 is 0 Å². The van der Waals surface area contributed by atoms with Crippen molar-refractivity contribution in [3.63, 3.8) is 0 Å². The molecule has 2 rings (SSSR count). The Morgan fingerprint density at radius 1 is 1.59 bits per heavy atom. The molecule has 0 bridgehead atoms. The maximum absolute atomic E-state index is 11.4. The van der Waals surface area contributed by atoms with Gasteiger partial charge in [0, 0.05) is 12.2 Å². The largest absolute Gasteiger partial charge is 0.465 e. The first-order valence-electron chi connectivity index (χ1n) is 5.51. The predicted molar refractivity (Wildman–Crippen MR) is 63.9 cm³/mol. The van der Waals surface area contributed by atoms with Crippen LogP contribution in [0.25, 0.3) is 0 Å². The molecule has 1 atom stereocenters. The van der Waals surface area contributed by atoms with E-state index in [-0.39, 0.29) is 12.2 Å². The molecule has 17 heavy (non-hydrogen) atoms. The smallest absolute Gasteiger partial charge is 0.337 e. The Labute approximate surface area is 100 Å². The van der Waals surface area contributed by atoms with Gasteiger partial charge in [0.25, 0.3) is 0 Å². The molecule has 1 saturated heterocycles. The minimum atomic E-state index is -0.329. The number of carbonyl (C=O) groups is 1. The fraction of sp³-hybridized carbons (Fsp3) is 0.417. The van der Waals surface area contributed by atoms with Crippen LogP contribution in [-0.4, -0.2) is 39.0 Å². The number of anilines is 1. The van der Waals surface area contributed by atoms with Crippen molar-refractivity contribution in [2.45, 2.75) is 6.23 Å². The van der Waals surface area contributed by atoms with Crippen LogP contribution < -0.4 is 10.6 Å². The van der Waals surface area contributed by atoms with Gasteiger partial charge in [0.15, 0.2) is 0 Å². The molecule has 5 nitrogen and oxygen atoms in total. The standard InChI is InChI=1S/C12H16N2O3/c1-16-12(15)9-3-2-4-10(7-9)14-5-6-17-11(13)8-14/h2-4,7,11H,5-6,8,13H2,1H3. The number of nitrogens with zero attached hydrogens (tertiary/aromatic N) is 1. The monoisotopic (exact) mass is 236 g/mol. The van der Waals surface area contributed by atoms with Crippen LogP contribution in [0.3, 0.4) is 0 Å². The van der Waals surface area contributed by atoms with Crippen molar-refractivity contribution in [1.29, 1.82) is 0 Å². The first-order valence-corrected chi connectivity index (χ1v) is 5.51. The van der Waals surface area contributed by atoms with Crippen LogP contribution in [0.2, 0.25) is 0 Å². The number of morpholine rings is 1. The highest BCUT2D eigenvalue weighted by atomic mass is 16.5. The molecular weight excluding hydrogens is 220 g/mol. The van der Waals surface area contributed by atoms with Crippen LogP contribution in [-0.2, 0) is 9.47 Å². The van der Waals surface area contributed by atoms with Crippen LogP contribution >= 0.6 is 0 Å². The molecule has 0 saturated carbocycles. The zero-order valence-electron chi connectivity index (χ0n) is 9.76. The highest BCUT2D eigenvalue weighted by Crippen LogP contribution is 2.18. The molecule has 0 amide bonds. The van der Waals surface area contributed by atoms with E-state index in [1.165, 1.54) is 7.11 Å². The van der Waals surface area contributed by atoms with Crippen molar-refractivity contribution in [2.24, 2.45) is 5.73 Å². The molecular formula is C12H16N2O3. The molecule has 1 aromatic carbocycles. The summed E-state index contributed by atoms with van der Waals surface area (Å²) in [6, 6.07) is 7.33. The number of methoxy groups -OCH3 is 1. The molecule has 92 valence electrons. The van der Waals surface area contributed by atoms with Crippen LogP contribution in [0.15, 0.2) is 24.3 Å². The summed E-state index contributed by atoms with van der Waals surface area (Å²) in [4.78, 5) is 13.5. The molecule has 2 N–H and O–H groups in total. The molecule has 5 heteroatoms. The molecule has 0 aromatic heterocycles. The molecule has 0 radical (unpaired) electrons. The minimum Gasteiger partial charge on any atom is -0.465 e. The lowest BCUT2D eigenvalue weighted by Gasteiger charge is -2.32. The number of hydrogen-bond donors (Lipinski definition) is 1. The SMILES string of the molecule is COC(=O)c1cccc(N2CCOC(N)C2)c1. The lowest BCUT2D eigenvalue weighted by molar-refractivity contribution is 0.0451. The van der Waals surface area contributed by atoms with Crippen molar-refractivity contribution in [2.75, 3.05) is 31.7 Å². The maximum Gasteiger partial charge on any atom is 0.337 e.